The zero-order valence-electron chi connectivity index (χ0n) is 16.8. The van der Waals surface area contributed by atoms with Crippen molar-refractivity contribution in [2.24, 2.45) is 35.5 Å². The van der Waals surface area contributed by atoms with Gasteiger partial charge < -0.3 is 9.47 Å². The van der Waals surface area contributed by atoms with Crippen molar-refractivity contribution < 1.29 is 19.1 Å². The number of carbonyl (C=O) groups excluding carboxylic acids is 2. The van der Waals surface area contributed by atoms with E-state index in [0.717, 1.165) is 25.8 Å². The molecule has 150 valence electrons. The van der Waals surface area contributed by atoms with Gasteiger partial charge in [0.05, 0.1) is 11.8 Å². The van der Waals surface area contributed by atoms with Crippen LogP contribution in [0.5, 0.6) is 0 Å². The highest BCUT2D eigenvalue weighted by Crippen LogP contribution is 2.57. The first-order chi connectivity index (χ1) is 13.0. The molecule has 1 saturated carbocycles. The Kier molecular flexibility index (Phi) is 4.30. The van der Waals surface area contributed by atoms with Crippen LogP contribution in [0.1, 0.15) is 59.3 Å². The molecule has 0 aromatic carbocycles. The van der Waals surface area contributed by atoms with E-state index in [-0.39, 0.29) is 36.0 Å². The predicted molar refractivity (Wildman–Crippen MR) is 99.7 cm³/mol. The molecule has 1 aliphatic carbocycles. The summed E-state index contributed by atoms with van der Waals surface area (Å²) < 4.78 is 11.8. The zero-order valence-corrected chi connectivity index (χ0v) is 16.8. The molecule has 0 N–H and O–H groups in total. The minimum Gasteiger partial charge on any atom is -0.462 e. The van der Waals surface area contributed by atoms with Crippen molar-refractivity contribution in [3.63, 3.8) is 0 Å². The molecule has 0 aromatic rings. The summed E-state index contributed by atoms with van der Waals surface area (Å²) >= 11 is 0. The second kappa shape index (κ2) is 6.47. The van der Waals surface area contributed by atoms with Gasteiger partial charge in [0.15, 0.2) is 0 Å². The van der Waals surface area contributed by atoms with Gasteiger partial charge in [-0.25, -0.2) is 0 Å². The first-order valence-electron chi connectivity index (χ1n) is 11.2. The van der Waals surface area contributed by atoms with E-state index < -0.39 is 0 Å². The molecule has 4 heterocycles. The van der Waals surface area contributed by atoms with Gasteiger partial charge in [-0.1, -0.05) is 27.2 Å². The number of esters is 2. The first kappa shape index (κ1) is 18.0. The lowest BCUT2D eigenvalue weighted by Crippen LogP contribution is -2.54. The van der Waals surface area contributed by atoms with Gasteiger partial charge in [0.25, 0.3) is 0 Å². The molecule has 5 heteroatoms. The molecule has 0 bridgehead atoms. The van der Waals surface area contributed by atoms with Gasteiger partial charge in [0.1, 0.15) is 12.2 Å². The van der Waals surface area contributed by atoms with Crippen molar-refractivity contribution in [2.45, 2.75) is 83.6 Å². The quantitative estimate of drug-likeness (QED) is 0.695. The molecule has 5 aliphatic rings. The van der Waals surface area contributed by atoms with E-state index in [1.54, 1.807) is 0 Å². The van der Waals surface area contributed by atoms with Crippen LogP contribution in [0.15, 0.2) is 0 Å². The molecule has 27 heavy (non-hydrogen) atoms. The van der Waals surface area contributed by atoms with Crippen LogP contribution in [0.4, 0.5) is 0 Å². The molecule has 3 unspecified atom stereocenters. The fourth-order valence-electron chi connectivity index (χ4n) is 7.48. The largest absolute Gasteiger partial charge is 0.462 e. The lowest BCUT2D eigenvalue weighted by molar-refractivity contribution is -0.148. The number of cyclic esters (lactones) is 1. The highest BCUT2D eigenvalue weighted by molar-refractivity contribution is 5.75. The van der Waals surface area contributed by atoms with E-state index in [9.17, 15) is 9.59 Å². The van der Waals surface area contributed by atoms with Gasteiger partial charge in [0, 0.05) is 23.9 Å². The van der Waals surface area contributed by atoms with Crippen molar-refractivity contribution >= 4 is 11.9 Å². The van der Waals surface area contributed by atoms with Crippen molar-refractivity contribution in [3.8, 4) is 0 Å². The Labute approximate surface area is 162 Å². The Morgan fingerprint density at radius 1 is 1.04 bits per heavy atom. The summed E-state index contributed by atoms with van der Waals surface area (Å²) in [5.41, 5.74) is 0. The molecular formula is C22H33NO4. The van der Waals surface area contributed by atoms with E-state index in [1.807, 2.05) is 6.92 Å². The number of nitrogens with zero attached hydrogens (tertiary/aromatic N) is 1. The molecule has 10 atom stereocenters. The summed E-state index contributed by atoms with van der Waals surface area (Å²) in [7, 11) is 0. The third-order valence-corrected chi connectivity index (χ3v) is 8.61. The summed E-state index contributed by atoms with van der Waals surface area (Å²) in [4.78, 5) is 27.3. The summed E-state index contributed by atoms with van der Waals surface area (Å²) in [6, 6.07) is 0.865. The Morgan fingerprint density at radius 2 is 1.85 bits per heavy atom. The van der Waals surface area contributed by atoms with E-state index in [1.165, 1.54) is 19.3 Å². The predicted octanol–water partition coefficient (Wildman–Crippen LogP) is 3.01. The topological polar surface area (TPSA) is 55.8 Å². The van der Waals surface area contributed by atoms with Crippen LogP contribution in [-0.2, 0) is 19.1 Å². The fourth-order valence-corrected chi connectivity index (χ4v) is 7.48. The van der Waals surface area contributed by atoms with Gasteiger partial charge in [-0.05, 0) is 50.5 Å². The average molecular weight is 376 g/mol. The minimum atomic E-state index is -0.0294. The molecule has 0 spiro atoms. The third kappa shape index (κ3) is 2.53. The molecule has 5 fully saturated rings. The molecular weight excluding hydrogens is 342 g/mol. The van der Waals surface area contributed by atoms with Crippen LogP contribution in [0.2, 0.25) is 0 Å². The summed E-state index contributed by atoms with van der Waals surface area (Å²) in [5.74, 6) is 1.94. The van der Waals surface area contributed by atoms with E-state index in [2.05, 4.69) is 18.7 Å². The Morgan fingerprint density at radius 3 is 2.56 bits per heavy atom. The normalized spacial score (nSPS) is 52.1. The number of rotatable bonds is 2. The molecule has 5 rings (SSSR count). The van der Waals surface area contributed by atoms with E-state index >= 15 is 0 Å². The lowest BCUT2D eigenvalue weighted by Gasteiger charge is -2.48. The van der Waals surface area contributed by atoms with Crippen LogP contribution in [-0.4, -0.2) is 47.7 Å². The average Bonchev–Trinajstić information content (AvgIpc) is 3.20. The van der Waals surface area contributed by atoms with Crippen LogP contribution >= 0.6 is 0 Å². The van der Waals surface area contributed by atoms with Gasteiger partial charge in [-0.15, -0.1) is 0 Å². The SMILES string of the molecule is CC[C@@H]1[C@H]2CCCCN3C([C@H]4C[C@H](C)C(=O)O4)C[C@H](C4C(C)C(=O)O[C@H]41)[C@@H]23. The molecule has 4 aliphatic heterocycles. The summed E-state index contributed by atoms with van der Waals surface area (Å²) in [6.45, 7) is 7.44. The number of fused-ring (bicyclic) bond motifs is 2. The Hall–Kier alpha value is -1.10. The number of hydrogen-bond acceptors (Lipinski definition) is 5. The molecule has 4 saturated heterocycles. The Bertz CT molecular complexity index is 636. The van der Waals surface area contributed by atoms with Crippen LogP contribution in [0, 0.1) is 35.5 Å². The smallest absolute Gasteiger partial charge is 0.309 e. The molecule has 5 nitrogen and oxygen atoms in total. The first-order valence-corrected chi connectivity index (χ1v) is 11.2. The summed E-state index contributed by atoms with van der Waals surface area (Å²) in [5, 5.41) is 0. The van der Waals surface area contributed by atoms with Crippen molar-refractivity contribution in [1.82, 2.24) is 4.90 Å². The standard InChI is InChI=1S/C22H33NO4/c1-4-13-14-7-5-6-8-23-16(17-9-11(2)21(24)26-17)10-15(19(14)23)18-12(3)22(25)27-20(13)18/h11-20H,4-10H2,1-3H3/t11-,12?,13+,14+,15+,16?,17+,18?,19+,20-/m0/s1. The molecule has 0 amide bonds. The van der Waals surface area contributed by atoms with Crippen LogP contribution in [0.3, 0.4) is 0 Å². The van der Waals surface area contributed by atoms with Crippen LogP contribution in [0.25, 0.3) is 0 Å². The second-order valence-electron chi connectivity index (χ2n) is 9.81. The van der Waals surface area contributed by atoms with Gasteiger partial charge in [-0.2, -0.15) is 0 Å². The maximum Gasteiger partial charge on any atom is 0.309 e. The van der Waals surface area contributed by atoms with E-state index in [0.29, 0.717) is 35.8 Å². The van der Waals surface area contributed by atoms with E-state index in [4.69, 9.17) is 9.47 Å². The van der Waals surface area contributed by atoms with Crippen molar-refractivity contribution in [3.05, 3.63) is 0 Å². The number of hydrogen-bond donors (Lipinski definition) is 0. The Balaban J connectivity index is 1.51. The van der Waals surface area contributed by atoms with Gasteiger partial charge >= 0.3 is 11.9 Å². The fraction of sp³-hybridized carbons (Fsp3) is 0.909. The highest BCUT2D eigenvalue weighted by atomic mass is 16.6. The van der Waals surface area contributed by atoms with Gasteiger partial charge in [0.2, 0.25) is 0 Å². The maximum absolute atomic E-state index is 12.5. The zero-order chi connectivity index (χ0) is 18.9. The second-order valence-corrected chi connectivity index (χ2v) is 9.81. The van der Waals surface area contributed by atoms with Crippen molar-refractivity contribution in [2.75, 3.05) is 6.54 Å². The van der Waals surface area contributed by atoms with Crippen molar-refractivity contribution in [1.29, 1.82) is 0 Å². The lowest BCUT2D eigenvalue weighted by atomic mass is 9.60. The molecule has 0 radical (unpaired) electrons. The number of carbonyl (C=O) groups is 2. The minimum absolute atomic E-state index is 0.00362. The van der Waals surface area contributed by atoms with Crippen LogP contribution < -0.4 is 0 Å². The maximum atomic E-state index is 12.5. The monoisotopic (exact) mass is 375 g/mol. The highest BCUT2D eigenvalue weighted by Gasteiger charge is 2.63. The summed E-state index contributed by atoms with van der Waals surface area (Å²) in [6.07, 6.45) is 6.87. The third-order valence-electron chi connectivity index (χ3n) is 8.61. The molecule has 0 aromatic heterocycles. The number of ether oxygens (including phenoxy) is 2. The van der Waals surface area contributed by atoms with Gasteiger partial charge in [-0.3, -0.25) is 14.5 Å².